The molecule has 7 heteroatoms. The molecule has 1 aromatic rings. The van der Waals surface area contributed by atoms with Gasteiger partial charge in [0.2, 0.25) is 0 Å². The second-order valence-electron chi connectivity index (χ2n) is 2.65. The van der Waals surface area contributed by atoms with Crippen molar-refractivity contribution in [2.45, 2.75) is 13.0 Å². The van der Waals surface area contributed by atoms with Crippen LogP contribution in [0.3, 0.4) is 0 Å². The zero-order valence-electron chi connectivity index (χ0n) is 7.31. The maximum absolute atomic E-state index is 12.0. The van der Waals surface area contributed by atoms with Gasteiger partial charge in [0.1, 0.15) is 0 Å². The first-order valence-corrected chi connectivity index (χ1v) is 4.16. The molecule has 0 saturated carbocycles. The molecule has 0 unspecified atom stereocenters. The minimum atomic E-state index is -4.87. The predicted molar refractivity (Wildman–Crippen MR) is 48.5 cm³/mol. The van der Waals surface area contributed by atoms with Crippen LogP contribution in [0, 0.1) is 0 Å². The molecule has 0 saturated heterocycles. The minimum absolute atomic E-state index is 0.0128. The number of hydrogen-bond acceptors (Lipinski definition) is 3. The first-order valence-electron chi connectivity index (χ1n) is 3.78. The van der Waals surface area contributed by atoms with Crippen molar-refractivity contribution in [1.82, 2.24) is 0 Å². The molecule has 0 heterocycles. The lowest BCUT2D eigenvalue weighted by Gasteiger charge is -2.14. The Morgan fingerprint density at radius 3 is 2.47 bits per heavy atom. The number of aliphatic hydroxyl groups is 1. The molecule has 0 aromatic heterocycles. The van der Waals surface area contributed by atoms with Gasteiger partial charge in [0.05, 0.1) is 11.6 Å². The van der Waals surface area contributed by atoms with Crippen LogP contribution in [-0.4, -0.2) is 11.5 Å². The molecule has 0 atom stereocenters. The van der Waals surface area contributed by atoms with Crippen molar-refractivity contribution in [3.8, 4) is 5.75 Å². The van der Waals surface area contributed by atoms with Crippen LogP contribution in [0.1, 0.15) is 5.56 Å². The van der Waals surface area contributed by atoms with E-state index in [1.165, 1.54) is 6.07 Å². The van der Waals surface area contributed by atoms with Crippen LogP contribution >= 0.6 is 11.6 Å². The van der Waals surface area contributed by atoms with Gasteiger partial charge in [0.15, 0.2) is 5.75 Å². The van der Waals surface area contributed by atoms with Crippen LogP contribution in [0.25, 0.3) is 0 Å². The Labute approximate surface area is 88.2 Å². The quantitative estimate of drug-likeness (QED) is 0.782. The summed E-state index contributed by atoms with van der Waals surface area (Å²) in [7, 11) is 0. The second-order valence-corrected chi connectivity index (χ2v) is 3.06. The number of aliphatic hydroxyl groups excluding tert-OH is 1. The molecule has 15 heavy (non-hydrogen) atoms. The van der Waals surface area contributed by atoms with Gasteiger partial charge in [0, 0.05) is 11.3 Å². The molecule has 0 fully saturated rings. The molecule has 0 aliphatic rings. The molecular weight excluding hydrogens is 235 g/mol. The van der Waals surface area contributed by atoms with Crippen LogP contribution in [-0.2, 0) is 6.61 Å². The highest BCUT2D eigenvalue weighted by atomic mass is 35.5. The summed E-state index contributed by atoms with van der Waals surface area (Å²) >= 11 is 5.49. The number of anilines is 1. The fourth-order valence-corrected chi connectivity index (χ4v) is 1.22. The van der Waals surface area contributed by atoms with Crippen molar-refractivity contribution in [1.29, 1.82) is 0 Å². The summed E-state index contributed by atoms with van der Waals surface area (Å²) in [4.78, 5) is 0. The van der Waals surface area contributed by atoms with E-state index in [2.05, 4.69) is 4.74 Å². The second kappa shape index (κ2) is 4.16. The lowest BCUT2D eigenvalue weighted by Crippen LogP contribution is -2.19. The Balaban J connectivity index is 3.20. The third-order valence-electron chi connectivity index (χ3n) is 1.62. The average Bonchev–Trinajstić information content (AvgIpc) is 2.10. The zero-order valence-corrected chi connectivity index (χ0v) is 8.06. The third-order valence-corrected chi connectivity index (χ3v) is 1.92. The van der Waals surface area contributed by atoms with Crippen LogP contribution in [0.4, 0.5) is 18.9 Å². The largest absolute Gasteiger partial charge is 0.573 e. The summed E-state index contributed by atoms with van der Waals surface area (Å²) in [6, 6.07) is 2.45. The van der Waals surface area contributed by atoms with Gasteiger partial charge < -0.3 is 15.6 Å². The van der Waals surface area contributed by atoms with E-state index in [-0.39, 0.29) is 16.3 Å². The lowest BCUT2D eigenvalue weighted by molar-refractivity contribution is -0.274. The smallest absolute Gasteiger partial charge is 0.404 e. The summed E-state index contributed by atoms with van der Waals surface area (Å²) in [5, 5.41) is 8.58. The maximum Gasteiger partial charge on any atom is 0.573 e. The molecule has 0 spiro atoms. The highest BCUT2D eigenvalue weighted by Crippen LogP contribution is 2.36. The van der Waals surface area contributed by atoms with Gasteiger partial charge in [-0.2, -0.15) is 0 Å². The molecule has 0 bridgehead atoms. The molecule has 1 rings (SSSR count). The number of halogens is 4. The summed E-state index contributed by atoms with van der Waals surface area (Å²) in [5.41, 5.74) is 5.16. The van der Waals surface area contributed by atoms with Gasteiger partial charge in [-0.3, -0.25) is 0 Å². The fourth-order valence-electron chi connectivity index (χ4n) is 1.00. The van der Waals surface area contributed by atoms with E-state index in [0.717, 1.165) is 6.07 Å². The lowest BCUT2D eigenvalue weighted by atomic mass is 10.1. The van der Waals surface area contributed by atoms with Gasteiger partial charge in [0.25, 0.3) is 0 Å². The molecule has 1 aromatic carbocycles. The number of nitrogens with two attached hydrogens (primary N) is 1. The van der Waals surface area contributed by atoms with Crippen LogP contribution < -0.4 is 10.5 Å². The van der Waals surface area contributed by atoms with Gasteiger partial charge in [-0.1, -0.05) is 11.6 Å². The first-order chi connectivity index (χ1) is 6.85. The fraction of sp³-hybridized carbons (Fsp3) is 0.250. The van der Waals surface area contributed by atoms with Crippen molar-refractivity contribution in [3.05, 3.63) is 22.7 Å². The standard InChI is InChI=1S/C8H7ClF3NO2/c9-5-1-2-6(13)4(3-14)7(5)15-8(10,11)12/h1-2,14H,3,13H2. The van der Waals surface area contributed by atoms with E-state index in [4.69, 9.17) is 22.4 Å². The molecule has 3 N–H and O–H groups in total. The Morgan fingerprint density at radius 1 is 1.40 bits per heavy atom. The predicted octanol–water partition coefficient (Wildman–Crippen LogP) is 2.31. The van der Waals surface area contributed by atoms with Crippen LogP contribution in [0.15, 0.2) is 12.1 Å². The normalized spacial score (nSPS) is 11.5. The summed E-state index contributed by atoms with van der Waals surface area (Å²) in [6.07, 6.45) is -4.87. The number of ether oxygens (including phenoxy) is 1. The molecule has 0 amide bonds. The van der Waals surface area contributed by atoms with Crippen molar-refractivity contribution < 1.29 is 23.0 Å². The van der Waals surface area contributed by atoms with E-state index in [1.807, 2.05) is 0 Å². The summed E-state index contributed by atoms with van der Waals surface area (Å²) < 4.78 is 39.6. The first kappa shape index (κ1) is 11.9. The van der Waals surface area contributed by atoms with Crippen molar-refractivity contribution in [3.63, 3.8) is 0 Å². The highest BCUT2D eigenvalue weighted by molar-refractivity contribution is 6.32. The zero-order chi connectivity index (χ0) is 11.6. The molecule has 3 nitrogen and oxygen atoms in total. The number of hydrogen-bond donors (Lipinski definition) is 2. The van der Waals surface area contributed by atoms with E-state index < -0.39 is 18.7 Å². The van der Waals surface area contributed by atoms with E-state index in [9.17, 15) is 13.2 Å². The maximum atomic E-state index is 12.0. The van der Waals surface area contributed by atoms with Gasteiger partial charge in [-0.05, 0) is 12.1 Å². The summed E-state index contributed by atoms with van der Waals surface area (Å²) in [6.45, 7) is -0.683. The molecule has 0 radical (unpaired) electrons. The van der Waals surface area contributed by atoms with Gasteiger partial charge in [-0.25, -0.2) is 0 Å². The highest BCUT2D eigenvalue weighted by Gasteiger charge is 2.33. The SMILES string of the molecule is Nc1ccc(Cl)c(OC(F)(F)F)c1CO. The Morgan fingerprint density at radius 2 is 2.00 bits per heavy atom. The van der Waals surface area contributed by atoms with E-state index in [1.54, 1.807) is 0 Å². The average molecular weight is 242 g/mol. The van der Waals surface area contributed by atoms with Crippen molar-refractivity contribution in [2.75, 3.05) is 5.73 Å². The molecule has 0 aliphatic carbocycles. The third kappa shape index (κ3) is 2.90. The molecule has 0 aliphatic heterocycles. The van der Waals surface area contributed by atoms with Crippen molar-refractivity contribution in [2.24, 2.45) is 0 Å². The molecule has 84 valence electrons. The van der Waals surface area contributed by atoms with Crippen LogP contribution in [0.2, 0.25) is 5.02 Å². The minimum Gasteiger partial charge on any atom is -0.404 e. The summed E-state index contributed by atoms with van der Waals surface area (Å²) in [5.74, 6) is -0.660. The molecular formula is C8H7ClF3NO2. The topological polar surface area (TPSA) is 55.5 Å². The van der Waals surface area contributed by atoms with E-state index in [0.29, 0.717) is 0 Å². The number of rotatable bonds is 2. The number of alkyl halides is 3. The van der Waals surface area contributed by atoms with Gasteiger partial charge >= 0.3 is 6.36 Å². The monoisotopic (exact) mass is 241 g/mol. The van der Waals surface area contributed by atoms with Crippen molar-refractivity contribution >= 4 is 17.3 Å². The Hall–Kier alpha value is -1.14. The Kier molecular flexibility index (Phi) is 3.31. The number of nitrogen functional groups attached to an aromatic ring is 1. The number of benzene rings is 1. The Bertz CT molecular complexity index is 368. The van der Waals surface area contributed by atoms with Crippen LogP contribution in [0.5, 0.6) is 5.75 Å². The van der Waals surface area contributed by atoms with Gasteiger partial charge in [-0.15, -0.1) is 13.2 Å². The van der Waals surface area contributed by atoms with E-state index >= 15 is 0 Å².